The van der Waals surface area contributed by atoms with E-state index in [1.807, 2.05) is 28.1 Å². The Morgan fingerprint density at radius 2 is 2.42 bits per heavy atom. The molecule has 0 amide bonds. The van der Waals surface area contributed by atoms with E-state index in [0.29, 0.717) is 10.4 Å². The zero-order chi connectivity index (χ0) is 13.7. The first-order valence-corrected chi connectivity index (χ1v) is 8.95. The third-order valence-corrected chi connectivity index (χ3v) is 6.26. The van der Waals surface area contributed by atoms with Crippen molar-refractivity contribution < 1.29 is 9.90 Å². The Kier molecular flexibility index (Phi) is 5.65. The molecule has 0 aliphatic carbocycles. The van der Waals surface area contributed by atoms with E-state index >= 15 is 0 Å². The van der Waals surface area contributed by atoms with Crippen LogP contribution in [0.4, 0.5) is 0 Å². The fourth-order valence-corrected chi connectivity index (χ4v) is 5.03. The average molecular weight is 318 g/mol. The van der Waals surface area contributed by atoms with E-state index < -0.39 is 5.97 Å². The maximum absolute atomic E-state index is 11.3. The summed E-state index contributed by atoms with van der Waals surface area (Å²) in [6.07, 6.45) is 1.71. The van der Waals surface area contributed by atoms with Gasteiger partial charge in [-0.15, -0.1) is 0 Å². The first kappa shape index (κ1) is 14.8. The Morgan fingerprint density at radius 3 is 3.11 bits per heavy atom. The monoisotopic (exact) mass is 318 g/mol. The van der Waals surface area contributed by atoms with E-state index in [1.165, 1.54) is 11.8 Å². The highest BCUT2D eigenvalue weighted by atomic mass is 32.2. The minimum Gasteiger partial charge on any atom is -0.481 e. The van der Waals surface area contributed by atoms with Crippen LogP contribution in [0.15, 0.2) is 22.2 Å². The molecule has 1 atom stereocenters. The van der Waals surface area contributed by atoms with Crippen molar-refractivity contribution >= 4 is 41.3 Å². The molecular formula is C11H14N2O3S3. The summed E-state index contributed by atoms with van der Waals surface area (Å²) in [4.78, 5) is 25.8. The van der Waals surface area contributed by atoms with E-state index in [2.05, 4.69) is 4.98 Å². The SMILES string of the molecule is O=C(O)CSc1nc(=O)ccn1CC1CSCCS1. The first-order valence-electron chi connectivity index (χ1n) is 5.76. The summed E-state index contributed by atoms with van der Waals surface area (Å²) in [7, 11) is 0. The normalized spacial score (nSPS) is 19.3. The molecule has 8 heteroatoms. The standard InChI is InChI=1S/C11H14N2O3S3/c14-9-1-2-13(5-8-6-17-3-4-18-8)11(12-9)19-7-10(15)16/h1-2,8H,3-7H2,(H,15,16). The summed E-state index contributed by atoms with van der Waals surface area (Å²) in [6, 6.07) is 1.42. The number of aliphatic carboxylic acids is 1. The van der Waals surface area contributed by atoms with Gasteiger partial charge in [-0.3, -0.25) is 9.59 Å². The topological polar surface area (TPSA) is 72.2 Å². The summed E-state index contributed by atoms with van der Waals surface area (Å²) in [5, 5.41) is 9.70. The van der Waals surface area contributed by atoms with Crippen molar-refractivity contribution in [3.63, 3.8) is 0 Å². The van der Waals surface area contributed by atoms with Gasteiger partial charge in [-0.1, -0.05) is 11.8 Å². The van der Waals surface area contributed by atoms with Crippen molar-refractivity contribution in [1.82, 2.24) is 9.55 Å². The summed E-state index contributed by atoms with van der Waals surface area (Å²) in [5.41, 5.74) is -0.324. The van der Waals surface area contributed by atoms with Crippen LogP contribution in [-0.2, 0) is 11.3 Å². The van der Waals surface area contributed by atoms with Crippen LogP contribution in [0.2, 0.25) is 0 Å². The molecule has 5 nitrogen and oxygen atoms in total. The second-order valence-corrected chi connectivity index (χ2v) is 7.45. The van der Waals surface area contributed by atoms with Crippen LogP contribution in [-0.4, -0.2) is 48.9 Å². The molecule has 0 aromatic carbocycles. The number of carboxylic acid groups (broad SMARTS) is 1. The van der Waals surface area contributed by atoms with Crippen LogP contribution in [0, 0.1) is 0 Å². The summed E-state index contributed by atoms with van der Waals surface area (Å²) in [5.74, 6) is 2.42. The quantitative estimate of drug-likeness (QED) is 0.647. The highest BCUT2D eigenvalue weighted by molar-refractivity contribution is 8.06. The molecule has 2 heterocycles. The summed E-state index contributed by atoms with van der Waals surface area (Å²) < 4.78 is 1.89. The molecule has 19 heavy (non-hydrogen) atoms. The Labute approximate surface area is 123 Å². The molecule has 1 N–H and O–H groups in total. The van der Waals surface area contributed by atoms with Crippen LogP contribution in [0.1, 0.15) is 0 Å². The van der Waals surface area contributed by atoms with Gasteiger partial charge in [-0.2, -0.15) is 28.5 Å². The van der Waals surface area contributed by atoms with Gasteiger partial charge in [0.1, 0.15) is 0 Å². The molecule has 1 aromatic rings. The fraction of sp³-hybridized carbons (Fsp3) is 0.545. The van der Waals surface area contributed by atoms with Gasteiger partial charge in [0.2, 0.25) is 0 Å². The van der Waals surface area contributed by atoms with E-state index in [4.69, 9.17) is 5.11 Å². The van der Waals surface area contributed by atoms with Crippen LogP contribution in [0.3, 0.4) is 0 Å². The number of nitrogens with zero attached hydrogens (tertiary/aromatic N) is 2. The van der Waals surface area contributed by atoms with Gasteiger partial charge in [-0.25, -0.2) is 0 Å². The van der Waals surface area contributed by atoms with Gasteiger partial charge in [0, 0.05) is 41.3 Å². The number of carbonyl (C=O) groups is 1. The Hall–Kier alpha value is -0.600. The maximum Gasteiger partial charge on any atom is 0.313 e. The van der Waals surface area contributed by atoms with Gasteiger partial charge >= 0.3 is 5.97 Å². The largest absolute Gasteiger partial charge is 0.481 e. The molecular weight excluding hydrogens is 304 g/mol. The second kappa shape index (κ2) is 7.25. The van der Waals surface area contributed by atoms with Crippen molar-refractivity contribution in [2.24, 2.45) is 0 Å². The zero-order valence-electron chi connectivity index (χ0n) is 10.2. The number of rotatable bonds is 5. The number of hydrogen-bond donors (Lipinski definition) is 1. The molecule has 104 valence electrons. The average Bonchev–Trinajstić information content (AvgIpc) is 2.40. The summed E-state index contributed by atoms with van der Waals surface area (Å²) in [6.45, 7) is 0.771. The number of thioether (sulfide) groups is 3. The van der Waals surface area contributed by atoms with Crippen LogP contribution >= 0.6 is 35.3 Å². The highest BCUT2D eigenvalue weighted by Gasteiger charge is 2.16. The fourth-order valence-electron chi connectivity index (χ4n) is 1.66. The molecule has 1 fully saturated rings. The first-order chi connectivity index (χ1) is 9.15. The van der Waals surface area contributed by atoms with Crippen LogP contribution in [0.25, 0.3) is 0 Å². The molecule has 1 saturated heterocycles. The van der Waals surface area contributed by atoms with Gasteiger partial charge in [-0.05, 0) is 0 Å². The van der Waals surface area contributed by atoms with E-state index in [0.717, 1.165) is 29.8 Å². The third kappa shape index (κ3) is 4.77. The smallest absolute Gasteiger partial charge is 0.313 e. The predicted octanol–water partition coefficient (Wildman–Crippen LogP) is 1.27. The Balaban J connectivity index is 2.08. The third-order valence-electron chi connectivity index (χ3n) is 2.46. The molecule has 0 saturated carbocycles. The van der Waals surface area contributed by atoms with E-state index in [-0.39, 0.29) is 11.3 Å². The molecule has 0 radical (unpaired) electrons. The summed E-state index contributed by atoms with van der Waals surface area (Å²) >= 11 is 4.95. The van der Waals surface area contributed by atoms with Crippen LogP contribution < -0.4 is 5.56 Å². The van der Waals surface area contributed by atoms with Gasteiger partial charge in [0.05, 0.1) is 5.75 Å². The molecule has 1 aliphatic rings. The molecule has 0 bridgehead atoms. The van der Waals surface area contributed by atoms with Crippen molar-refractivity contribution in [1.29, 1.82) is 0 Å². The van der Waals surface area contributed by atoms with Gasteiger partial charge in [0.15, 0.2) is 5.16 Å². The molecule has 1 unspecified atom stereocenters. The van der Waals surface area contributed by atoms with Gasteiger partial charge < -0.3 is 9.67 Å². The number of aromatic nitrogens is 2. The van der Waals surface area contributed by atoms with E-state index in [9.17, 15) is 9.59 Å². The van der Waals surface area contributed by atoms with Crippen molar-refractivity contribution in [2.45, 2.75) is 17.0 Å². The number of carboxylic acids is 1. The van der Waals surface area contributed by atoms with E-state index in [1.54, 1.807) is 6.20 Å². The van der Waals surface area contributed by atoms with Crippen molar-refractivity contribution in [2.75, 3.05) is 23.0 Å². The van der Waals surface area contributed by atoms with Crippen molar-refractivity contribution in [3.05, 3.63) is 22.6 Å². The molecule has 0 spiro atoms. The lowest BCUT2D eigenvalue weighted by Crippen LogP contribution is -2.23. The maximum atomic E-state index is 11.3. The molecule has 2 rings (SSSR count). The zero-order valence-corrected chi connectivity index (χ0v) is 12.6. The van der Waals surface area contributed by atoms with Gasteiger partial charge in [0.25, 0.3) is 5.56 Å². The predicted molar refractivity (Wildman–Crippen MR) is 80.4 cm³/mol. The van der Waals surface area contributed by atoms with Crippen LogP contribution in [0.5, 0.6) is 0 Å². The van der Waals surface area contributed by atoms with Crippen molar-refractivity contribution in [3.8, 4) is 0 Å². The Morgan fingerprint density at radius 1 is 1.58 bits per heavy atom. The number of hydrogen-bond acceptors (Lipinski definition) is 6. The highest BCUT2D eigenvalue weighted by Crippen LogP contribution is 2.26. The Bertz CT molecular complexity index is 500. The second-order valence-electron chi connectivity index (χ2n) is 3.95. The lowest BCUT2D eigenvalue weighted by molar-refractivity contribution is -0.133. The molecule has 1 aromatic heterocycles. The minimum absolute atomic E-state index is 0.0803. The lowest BCUT2D eigenvalue weighted by Gasteiger charge is -2.22. The molecule has 1 aliphatic heterocycles. The minimum atomic E-state index is -0.905. The lowest BCUT2D eigenvalue weighted by atomic mass is 10.4.